The second kappa shape index (κ2) is 15.6. The predicted octanol–water partition coefficient (Wildman–Crippen LogP) is 15.7. The van der Waals surface area contributed by atoms with E-state index in [0.29, 0.717) is 5.82 Å². The highest BCUT2D eigenvalue weighted by Gasteiger charge is 2.21. The van der Waals surface area contributed by atoms with Gasteiger partial charge in [-0.1, -0.05) is 206 Å². The van der Waals surface area contributed by atoms with Gasteiger partial charge in [-0.15, -0.1) is 0 Å². The van der Waals surface area contributed by atoms with Crippen LogP contribution in [0.25, 0.3) is 111 Å². The number of furan rings is 1. The summed E-state index contributed by atoms with van der Waals surface area (Å²) in [6.45, 7) is 0. The van der Waals surface area contributed by atoms with Gasteiger partial charge in [0.15, 0.2) is 5.82 Å². The summed E-state index contributed by atoms with van der Waals surface area (Å²) in [6.07, 6.45) is 0. The van der Waals surface area contributed by atoms with Crippen LogP contribution in [0.4, 0.5) is 0 Å². The molecule has 0 aliphatic carbocycles. The van der Waals surface area contributed by atoms with Crippen LogP contribution in [0, 0.1) is 0 Å². The molecular formula is C58H38N2O. The van der Waals surface area contributed by atoms with Gasteiger partial charge >= 0.3 is 0 Å². The summed E-state index contributed by atoms with van der Waals surface area (Å²) < 4.78 is 6.68. The van der Waals surface area contributed by atoms with Crippen LogP contribution in [-0.2, 0) is 0 Å². The van der Waals surface area contributed by atoms with E-state index in [1.807, 2.05) is 30.3 Å². The lowest BCUT2D eigenvalue weighted by Crippen LogP contribution is -1.96. The molecule has 2 heterocycles. The van der Waals surface area contributed by atoms with E-state index in [2.05, 4.69) is 200 Å². The van der Waals surface area contributed by atoms with Gasteiger partial charge in [-0.3, -0.25) is 0 Å². The van der Waals surface area contributed by atoms with E-state index in [1.54, 1.807) is 0 Å². The number of benzene rings is 9. The van der Waals surface area contributed by atoms with Crippen LogP contribution in [0.5, 0.6) is 0 Å². The van der Waals surface area contributed by atoms with Gasteiger partial charge in [0.25, 0.3) is 0 Å². The van der Waals surface area contributed by atoms with E-state index >= 15 is 0 Å². The van der Waals surface area contributed by atoms with Crippen LogP contribution in [-0.4, -0.2) is 9.97 Å². The summed E-state index contributed by atoms with van der Waals surface area (Å²) in [5.74, 6) is 0.690. The summed E-state index contributed by atoms with van der Waals surface area (Å²) in [6, 6.07) is 81.1. The number of hydrogen-bond acceptors (Lipinski definition) is 3. The van der Waals surface area contributed by atoms with Gasteiger partial charge in [0.1, 0.15) is 11.2 Å². The van der Waals surface area contributed by atoms with Crippen LogP contribution < -0.4 is 0 Å². The lowest BCUT2D eigenvalue weighted by Gasteiger charge is -2.19. The van der Waals surface area contributed by atoms with Gasteiger partial charge in [0.05, 0.1) is 11.4 Å². The van der Waals surface area contributed by atoms with Crippen LogP contribution in [0.3, 0.4) is 0 Å². The standard InChI is InChI=1S/C58H38N2O/c1-5-16-39(17-6-1)41-28-32-43(33-29-41)53-38-54(60-58(59-53)46-22-11-4-12-23-46)44-34-30-42(31-35-44)51-36-47(40-18-7-2-8-19-40)37-52(56(51)45-20-9-3-10-21-45)50-26-15-25-49-48-24-13-14-27-55(48)61-57(49)50/h1-38H. The molecule has 0 N–H and O–H groups in total. The highest BCUT2D eigenvalue weighted by Crippen LogP contribution is 2.46. The quantitative estimate of drug-likeness (QED) is 0.154. The smallest absolute Gasteiger partial charge is 0.160 e. The Morgan fingerprint density at radius 1 is 0.279 bits per heavy atom. The van der Waals surface area contributed by atoms with Gasteiger partial charge < -0.3 is 4.42 Å². The molecule has 11 aromatic rings. The third-order valence-corrected chi connectivity index (χ3v) is 11.5. The van der Waals surface area contributed by atoms with Crippen molar-refractivity contribution < 1.29 is 4.42 Å². The summed E-state index contributed by atoms with van der Waals surface area (Å²) in [5, 5.41) is 2.22. The molecule has 0 amide bonds. The van der Waals surface area contributed by atoms with Crippen molar-refractivity contribution in [3.8, 4) is 89.5 Å². The summed E-state index contributed by atoms with van der Waals surface area (Å²) in [5.41, 5.74) is 17.9. The number of para-hydroxylation sites is 2. The van der Waals surface area contributed by atoms with E-state index in [1.165, 1.54) is 11.1 Å². The fourth-order valence-corrected chi connectivity index (χ4v) is 8.50. The van der Waals surface area contributed by atoms with Crippen LogP contribution in [0.2, 0.25) is 0 Å². The zero-order valence-corrected chi connectivity index (χ0v) is 33.2. The molecule has 2 aromatic heterocycles. The molecule has 0 bridgehead atoms. The maximum absolute atomic E-state index is 6.68. The van der Waals surface area contributed by atoms with Gasteiger partial charge in [0.2, 0.25) is 0 Å². The molecule has 3 heteroatoms. The fraction of sp³-hybridized carbons (Fsp3) is 0. The first-order valence-corrected chi connectivity index (χ1v) is 20.6. The molecule has 0 aliphatic rings. The molecule has 3 nitrogen and oxygen atoms in total. The summed E-state index contributed by atoms with van der Waals surface area (Å²) in [4.78, 5) is 10.3. The Bertz CT molecular complexity index is 3300. The van der Waals surface area contributed by atoms with Crippen LogP contribution >= 0.6 is 0 Å². The molecular weight excluding hydrogens is 741 g/mol. The first-order chi connectivity index (χ1) is 30.2. The third-order valence-electron chi connectivity index (χ3n) is 11.5. The van der Waals surface area contributed by atoms with Crippen molar-refractivity contribution in [1.82, 2.24) is 9.97 Å². The van der Waals surface area contributed by atoms with E-state index in [9.17, 15) is 0 Å². The molecule has 0 fully saturated rings. The molecule has 0 atom stereocenters. The number of aromatic nitrogens is 2. The lowest BCUT2D eigenvalue weighted by molar-refractivity contribution is 0.670. The minimum absolute atomic E-state index is 0.690. The average Bonchev–Trinajstić information content (AvgIpc) is 3.74. The first-order valence-electron chi connectivity index (χ1n) is 20.6. The minimum atomic E-state index is 0.690. The molecule has 0 saturated heterocycles. The van der Waals surface area contributed by atoms with Crippen molar-refractivity contribution in [3.05, 3.63) is 231 Å². The Balaban J connectivity index is 1.08. The topological polar surface area (TPSA) is 38.9 Å². The minimum Gasteiger partial charge on any atom is -0.455 e. The Hall–Kier alpha value is -8.14. The van der Waals surface area contributed by atoms with Crippen LogP contribution in [0.1, 0.15) is 0 Å². The van der Waals surface area contributed by atoms with E-state index in [0.717, 1.165) is 94.5 Å². The molecule has 0 saturated carbocycles. The number of hydrogen-bond donors (Lipinski definition) is 0. The van der Waals surface area contributed by atoms with Crippen molar-refractivity contribution in [2.24, 2.45) is 0 Å². The molecule has 61 heavy (non-hydrogen) atoms. The molecule has 11 rings (SSSR count). The van der Waals surface area contributed by atoms with Crippen molar-refractivity contribution in [3.63, 3.8) is 0 Å². The molecule has 0 aliphatic heterocycles. The van der Waals surface area contributed by atoms with Crippen LogP contribution in [0.15, 0.2) is 235 Å². The summed E-state index contributed by atoms with van der Waals surface area (Å²) in [7, 11) is 0. The number of rotatable bonds is 8. The van der Waals surface area contributed by atoms with Crippen molar-refractivity contribution in [2.45, 2.75) is 0 Å². The SMILES string of the molecule is c1ccc(-c2ccc(-c3cc(-c4ccc(-c5cc(-c6ccccc6)cc(-c6cccc7c6oc6ccccc67)c5-c5ccccc5)cc4)nc(-c4ccccc4)n3)cc2)cc1. The maximum Gasteiger partial charge on any atom is 0.160 e. The fourth-order valence-electron chi connectivity index (χ4n) is 8.50. The highest BCUT2D eigenvalue weighted by atomic mass is 16.3. The summed E-state index contributed by atoms with van der Waals surface area (Å²) >= 11 is 0. The molecule has 0 spiro atoms. The highest BCUT2D eigenvalue weighted by molar-refractivity contribution is 6.12. The van der Waals surface area contributed by atoms with Crippen molar-refractivity contribution in [1.29, 1.82) is 0 Å². The zero-order chi connectivity index (χ0) is 40.5. The van der Waals surface area contributed by atoms with Gasteiger partial charge in [-0.2, -0.15) is 0 Å². The normalized spacial score (nSPS) is 11.3. The molecule has 0 unspecified atom stereocenters. The second-order valence-corrected chi connectivity index (χ2v) is 15.3. The lowest BCUT2D eigenvalue weighted by atomic mass is 9.84. The van der Waals surface area contributed by atoms with Gasteiger partial charge in [-0.25, -0.2) is 9.97 Å². The molecule has 9 aromatic carbocycles. The van der Waals surface area contributed by atoms with E-state index in [4.69, 9.17) is 14.4 Å². The van der Waals surface area contributed by atoms with Crippen molar-refractivity contribution in [2.75, 3.05) is 0 Å². The molecule has 286 valence electrons. The third kappa shape index (κ3) is 6.88. The Labute approximate surface area is 354 Å². The number of nitrogens with zero attached hydrogens (tertiary/aromatic N) is 2. The van der Waals surface area contributed by atoms with E-state index in [-0.39, 0.29) is 0 Å². The number of fused-ring (bicyclic) bond motifs is 3. The van der Waals surface area contributed by atoms with E-state index < -0.39 is 0 Å². The van der Waals surface area contributed by atoms with Gasteiger partial charge in [-0.05, 0) is 74.3 Å². The maximum atomic E-state index is 6.68. The molecule has 0 radical (unpaired) electrons. The predicted molar refractivity (Wildman–Crippen MR) is 253 cm³/mol. The Morgan fingerprint density at radius 3 is 1.36 bits per heavy atom. The largest absolute Gasteiger partial charge is 0.455 e. The monoisotopic (exact) mass is 778 g/mol. The average molecular weight is 779 g/mol. The second-order valence-electron chi connectivity index (χ2n) is 15.3. The Morgan fingerprint density at radius 2 is 0.738 bits per heavy atom. The van der Waals surface area contributed by atoms with Gasteiger partial charge in [0, 0.05) is 33.0 Å². The first kappa shape index (κ1) is 36.0. The van der Waals surface area contributed by atoms with Crippen molar-refractivity contribution >= 4 is 21.9 Å². The zero-order valence-electron chi connectivity index (χ0n) is 33.2. The Kier molecular flexibility index (Phi) is 9.18.